The molecular formula is C17H22N2OS. The lowest BCUT2D eigenvalue weighted by atomic mass is 9.93. The highest BCUT2D eigenvalue weighted by atomic mass is 32.1. The van der Waals surface area contributed by atoms with Gasteiger partial charge in [0, 0.05) is 31.1 Å². The average molecular weight is 302 g/mol. The van der Waals surface area contributed by atoms with E-state index in [1.165, 1.54) is 21.6 Å². The van der Waals surface area contributed by atoms with Gasteiger partial charge in [-0.1, -0.05) is 6.07 Å². The fraction of sp³-hybridized carbons (Fsp3) is 0.412. The van der Waals surface area contributed by atoms with Gasteiger partial charge in [-0.2, -0.15) is 0 Å². The van der Waals surface area contributed by atoms with Crippen LogP contribution in [-0.2, 0) is 0 Å². The molecule has 1 fully saturated rings. The number of phenolic OH excluding ortho intramolecular Hbond substituents is 1. The van der Waals surface area contributed by atoms with Crippen molar-refractivity contribution in [1.29, 1.82) is 0 Å². The molecule has 2 N–H and O–H groups in total. The summed E-state index contributed by atoms with van der Waals surface area (Å²) in [5, 5.41) is 15.4. The van der Waals surface area contributed by atoms with E-state index in [1.807, 2.05) is 23.5 Å². The van der Waals surface area contributed by atoms with Gasteiger partial charge in [-0.3, -0.25) is 4.90 Å². The number of thiophene rings is 1. The first-order valence-electron chi connectivity index (χ1n) is 7.45. The molecule has 0 aliphatic carbocycles. The first-order chi connectivity index (χ1) is 10.2. The summed E-state index contributed by atoms with van der Waals surface area (Å²) in [4.78, 5) is 3.93. The molecule has 1 aliphatic rings. The Kier molecular flexibility index (Phi) is 4.29. The Bertz CT molecular complexity index is 580. The van der Waals surface area contributed by atoms with E-state index in [-0.39, 0.29) is 0 Å². The minimum atomic E-state index is 0.299. The Labute approximate surface area is 130 Å². The molecule has 1 atom stereocenters. The van der Waals surface area contributed by atoms with E-state index in [9.17, 15) is 5.11 Å². The quantitative estimate of drug-likeness (QED) is 0.914. The Morgan fingerprint density at radius 1 is 1.19 bits per heavy atom. The molecule has 3 rings (SSSR count). The maximum absolute atomic E-state index is 9.82. The van der Waals surface area contributed by atoms with Gasteiger partial charge in [0.25, 0.3) is 0 Å². The second kappa shape index (κ2) is 6.18. The molecule has 3 nitrogen and oxygen atoms in total. The molecule has 0 radical (unpaired) electrons. The summed E-state index contributed by atoms with van der Waals surface area (Å²) in [6, 6.07) is 8.41. The van der Waals surface area contributed by atoms with E-state index < -0.39 is 0 Å². The largest absolute Gasteiger partial charge is 0.508 e. The van der Waals surface area contributed by atoms with Crippen molar-refractivity contribution in [2.24, 2.45) is 0 Å². The summed E-state index contributed by atoms with van der Waals surface area (Å²) in [5.74, 6) is 0.360. The van der Waals surface area contributed by atoms with Crippen molar-refractivity contribution in [1.82, 2.24) is 10.2 Å². The highest BCUT2D eigenvalue weighted by molar-refractivity contribution is 7.10. The molecule has 0 amide bonds. The van der Waals surface area contributed by atoms with Crippen LogP contribution in [0.2, 0.25) is 0 Å². The monoisotopic (exact) mass is 302 g/mol. The van der Waals surface area contributed by atoms with Gasteiger partial charge in [0.05, 0.1) is 6.04 Å². The van der Waals surface area contributed by atoms with Gasteiger partial charge in [-0.25, -0.2) is 0 Å². The second-order valence-electron chi connectivity index (χ2n) is 5.70. The van der Waals surface area contributed by atoms with E-state index in [2.05, 4.69) is 41.6 Å². The number of hydrogen-bond acceptors (Lipinski definition) is 4. The predicted octanol–water partition coefficient (Wildman–Crippen LogP) is 3.07. The molecule has 0 bridgehead atoms. The summed E-state index contributed by atoms with van der Waals surface area (Å²) in [5.41, 5.74) is 3.69. The Morgan fingerprint density at radius 3 is 2.43 bits per heavy atom. The Balaban J connectivity index is 2.07. The zero-order valence-electron chi connectivity index (χ0n) is 12.6. The van der Waals surface area contributed by atoms with E-state index in [0.29, 0.717) is 11.8 Å². The van der Waals surface area contributed by atoms with Gasteiger partial charge in [0.15, 0.2) is 0 Å². The highest BCUT2D eigenvalue weighted by Crippen LogP contribution is 2.37. The molecule has 21 heavy (non-hydrogen) atoms. The minimum absolute atomic E-state index is 0.299. The van der Waals surface area contributed by atoms with Crippen LogP contribution < -0.4 is 5.32 Å². The molecule has 2 aromatic rings. The zero-order valence-corrected chi connectivity index (χ0v) is 13.4. The number of nitrogens with zero attached hydrogens (tertiary/aromatic N) is 1. The number of rotatable bonds is 3. The minimum Gasteiger partial charge on any atom is -0.508 e. The average Bonchev–Trinajstić information content (AvgIpc) is 2.97. The van der Waals surface area contributed by atoms with E-state index in [0.717, 1.165) is 26.2 Å². The predicted molar refractivity (Wildman–Crippen MR) is 88.2 cm³/mol. The smallest absolute Gasteiger partial charge is 0.116 e. The molecule has 1 aromatic heterocycles. The lowest BCUT2D eigenvalue weighted by molar-refractivity contribution is 0.199. The third-order valence-corrected chi connectivity index (χ3v) is 5.11. The van der Waals surface area contributed by atoms with Crippen molar-refractivity contribution >= 4 is 11.3 Å². The van der Waals surface area contributed by atoms with Crippen LogP contribution >= 0.6 is 11.3 Å². The first kappa shape index (κ1) is 14.6. The standard InChI is InChI=1S/C17H22N2OS/c1-12-10-14(20)11-13(2)16(12)17(15-4-3-9-21-15)19-7-5-18-6-8-19/h3-4,9-11,17-18,20H,5-8H2,1-2H3/t17-/m0/s1. The fourth-order valence-corrected chi connectivity index (χ4v) is 4.14. The SMILES string of the molecule is Cc1cc(O)cc(C)c1[C@H](c1cccs1)N1CCNCC1. The van der Waals surface area contributed by atoms with Gasteiger partial charge in [-0.05, 0) is 54.1 Å². The van der Waals surface area contributed by atoms with Crippen LogP contribution in [0.3, 0.4) is 0 Å². The number of hydrogen-bond donors (Lipinski definition) is 2. The number of nitrogens with one attached hydrogen (secondary N) is 1. The van der Waals surface area contributed by atoms with Gasteiger partial charge < -0.3 is 10.4 Å². The lowest BCUT2D eigenvalue weighted by Crippen LogP contribution is -2.45. The molecule has 0 unspecified atom stereocenters. The first-order valence-corrected chi connectivity index (χ1v) is 8.33. The molecule has 1 aromatic carbocycles. The number of phenols is 1. The number of aryl methyl sites for hydroxylation is 2. The summed E-state index contributed by atoms with van der Waals surface area (Å²) in [6.45, 7) is 8.40. The highest BCUT2D eigenvalue weighted by Gasteiger charge is 2.27. The molecule has 2 heterocycles. The third-order valence-electron chi connectivity index (χ3n) is 4.18. The van der Waals surface area contributed by atoms with Crippen LogP contribution in [0.4, 0.5) is 0 Å². The van der Waals surface area contributed by atoms with Crippen LogP contribution in [-0.4, -0.2) is 36.2 Å². The normalized spacial score (nSPS) is 17.8. The lowest BCUT2D eigenvalue weighted by Gasteiger charge is -2.36. The van der Waals surface area contributed by atoms with Gasteiger partial charge in [0.2, 0.25) is 0 Å². The van der Waals surface area contributed by atoms with Crippen molar-refractivity contribution < 1.29 is 5.11 Å². The zero-order chi connectivity index (χ0) is 14.8. The summed E-state index contributed by atoms with van der Waals surface area (Å²) < 4.78 is 0. The fourth-order valence-electron chi connectivity index (χ4n) is 3.28. The summed E-state index contributed by atoms with van der Waals surface area (Å²) in [7, 11) is 0. The number of aromatic hydroxyl groups is 1. The van der Waals surface area contributed by atoms with E-state index in [4.69, 9.17) is 0 Å². The maximum atomic E-state index is 9.82. The second-order valence-corrected chi connectivity index (χ2v) is 6.68. The Morgan fingerprint density at radius 2 is 1.86 bits per heavy atom. The van der Waals surface area contributed by atoms with Crippen LogP contribution in [0.1, 0.15) is 27.6 Å². The van der Waals surface area contributed by atoms with Crippen LogP contribution in [0.25, 0.3) is 0 Å². The molecular weight excluding hydrogens is 280 g/mol. The van der Waals surface area contributed by atoms with Gasteiger partial charge in [-0.15, -0.1) is 11.3 Å². The van der Waals surface area contributed by atoms with Crippen molar-refractivity contribution in [3.63, 3.8) is 0 Å². The molecule has 1 saturated heterocycles. The maximum Gasteiger partial charge on any atom is 0.116 e. The van der Waals surface area contributed by atoms with Crippen LogP contribution in [0, 0.1) is 13.8 Å². The van der Waals surface area contributed by atoms with Crippen molar-refractivity contribution in [2.75, 3.05) is 26.2 Å². The summed E-state index contributed by atoms with van der Waals surface area (Å²) >= 11 is 1.82. The van der Waals surface area contributed by atoms with Crippen molar-refractivity contribution in [3.05, 3.63) is 51.2 Å². The Hall–Kier alpha value is -1.36. The molecule has 4 heteroatoms. The van der Waals surface area contributed by atoms with Gasteiger partial charge >= 0.3 is 0 Å². The van der Waals surface area contributed by atoms with Crippen molar-refractivity contribution in [3.8, 4) is 5.75 Å². The molecule has 0 spiro atoms. The number of benzene rings is 1. The molecule has 0 saturated carbocycles. The summed E-state index contributed by atoms with van der Waals surface area (Å²) in [6.07, 6.45) is 0. The molecule has 112 valence electrons. The van der Waals surface area contributed by atoms with Gasteiger partial charge in [0.1, 0.15) is 5.75 Å². The topological polar surface area (TPSA) is 35.5 Å². The van der Waals surface area contributed by atoms with Crippen molar-refractivity contribution in [2.45, 2.75) is 19.9 Å². The third kappa shape index (κ3) is 2.98. The van der Waals surface area contributed by atoms with Crippen LogP contribution in [0.5, 0.6) is 5.75 Å². The van der Waals surface area contributed by atoms with E-state index >= 15 is 0 Å². The molecule has 1 aliphatic heterocycles. The number of piperazine rings is 1. The van der Waals surface area contributed by atoms with E-state index in [1.54, 1.807) is 0 Å². The van der Waals surface area contributed by atoms with Crippen LogP contribution in [0.15, 0.2) is 29.6 Å².